The zero-order valence-corrected chi connectivity index (χ0v) is 35.9. The Morgan fingerprint density at radius 3 is 2.22 bits per heavy atom. The van der Waals surface area contributed by atoms with Crippen molar-refractivity contribution in [1.29, 1.82) is 0 Å². The summed E-state index contributed by atoms with van der Waals surface area (Å²) < 4.78 is 6.54. The highest BCUT2D eigenvalue weighted by molar-refractivity contribution is 6.14. The fourth-order valence-electron chi connectivity index (χ4n) is 14.1. The third-order valence-corrected chi connectivity index (χ3v) is 17.4. The second-order valence-electron chi connectivity index (χ2n) is 20.6. The van der Waals surface area contributed by atoms with E-state index < -0.39 is 27.9 Å². The van der Waals surface area contributed by atoms with Crippen LogP contribution in [0.5, 0.6) is 0 Å². The number of Topliss-reactive ketones (excluding diaryl/α,β-unsaturated/α-hetero) is 1. The number of allylic oxidation sites excluding steroid dienone is 4. The summed E-state index contributed by atoms with van der Waals surface area (Å²) in [4.78, 5) is 32.0. The van der Waals surface area contributed by atoms with Gasteiger partial charge in [-0.2, -0.15) is 0 Å². The molecule has 3 aromatic carbocycles. The molecule has 4 saturated carbocycles. The zero-order chi connectivity index (χ0) is 41.4. The normalized spacial score (nSPS) is 38.2. The number of benzene rings is 3. The van der Waals surface area contributed by atoms with E-state index >= 15 is 4.79 Å². The molecule has 11 unspecified atom stereocenters. The highest BCUT2D eigenvalue weighted by Crippen LogP contribution is 2.78. The van der Waals surface area contributed by atoms with Gasteiger partial charge in [0.1, 0.15) is 6.10 Å². The molecule has 3 aromatic rings. The highest BCUT2D eigenvalue weighted by Gasteiger charge is 2.74. The molecular weight excluding hydrogens is 731 g/mol. The van der Waals surface area contributed by atoms with Crippen LogP contribution in [0.3, 0.4) is 0 Å². The number of aliphatic hydroxyl groups is 2. The minimum atomic E-state index is -1.21. The lowest BCUT2D eigenvalue weighted by Gasteiger charge is -2.71. The van der Waals surface area contributed by atoms with Gasteiger partial charge in [-0.05, 0) is 109 Å². The van der Waals surface area contributed by atoms with Crippen molar-refractivity contribution >= 4 is 11.9 Å². The number of amides is 1. The van der Waals surface area contributed by atoms with Gasteiger partial charge in [0.15, 0.2) is 5.78 Å². The average molecular weight is 796 g/mol. The van der Waals surface area contributed by atoms with Gasteiger partial charge in [-0.3, -0.25) is 4.79 Å². The number of ketones is 1. The monoisotopic (exact) mass is 795 g/mol. The number of carbonyl (C=O) groups excluding carboxylic acids is 2. The molecule has 59 heavy (non-hydrogen) atoms. The van der Waals surface area contributed by atoms with Gasteiger partial charge in [-0.25, -0.2) is 4.79 Å². The quantitative estimate of drug-likeness (QED) is 0.166. The first-order valence-electron chi connectivity index (χ1n) is 22.8. The third-order valence-electron chi connectivity index (χ3n) is 17.4. The van der Waals surface area contributed by atoms with E-state index in [1.165, 1.54) is 0 Å². The second-order valence-corrected chi connectivity index (χ2v) is 20.6. The number of hydrogen-bond acceptors (Lipinski definition) is 5. The summed E-state index contributed by atoms with van der Waals surface area (Å²) in [6.07, 6.45) is 14.4. The van der Waals surface area contributed by atoms with E-state index in [1.807, 2.05) is 66.7 Å². The highest BCUT2D eigenvalue weighted by atomic mass is 16.6. The van der Waals surface area contributed by atoms with Gasteiger partial charge in [0.05, 0.1) is 18.2 Å². The Hall–Kier alpha value is -4.00. The van der Waals surface area contributed by atoms with Crippen molar-refractivity contribution < 1.29 is 24.5 Å². The summed E-state index contributed by atoms with van der Waals surface area (Å²) in [5, 5.41) is 24.6. The molecule has 312 valence electrons. The Morgan fingerprint density at radius 1 is 0.814 bits per heavy atom. The van der Waals surface area contributed by atoms with E-state index in [2.05, 4.69) is 71.0 Å². The molecule has 0 aromatic heterocycles. The SMILES string of the molecule is CC1CCC(C(C)C)C(OC(=O)N(Cc2ccccc2)CC2(O)CCC3C45C=CC6(C=C4C(=O)c4ccccc4-c4ccccc4)CC(O)CCC6(C)C5CCC32C)C1. The van der Waals surface area contributed by atoms with Gasteiger partial charge < -0.3 is 19.8 Å². The van der Waals surface area contributed by atoms with Gasteiger partial charge in [0.25, 0.3) is 0 Å². The number of rotatable bonds is 9. The fraction of sp³-hybridized carbons (Fsp3) is 0.547. The largest absolute Gasteiger partial charge is 0.446 e. The van der Waals surface area contributed by atoms with Crippen LogP contribution in [0.15, 0.2) is 109 Å². The molecule has 0 radical (unpaired) electrons. The maximum Gasteiger partial charge on any atom is 0.410 e. The van der Waals surface area contributed by atoms with Crippen LogP contribution in [0, 0.1) is 51.2 Å². The third kappa shape index (κ3) is 6.32. The molecule has 10 rings (SSSR count). The van der Waals surface area contributed by atoms with Crippen LogP contribution in [0.2, 0.25) is 0 Å². The topological polar surface area (TPSA) is 87.1 Å². The number of ether oxygens (including phenoxy) is 1. The van der Waals surface area contributed by atoms with Crippen LogP contribution >= 0.6 is 0 Å². The van der Waals surface area contributed by atoms with Crippen LogP contribution in [-0.4, -0.2) is 51.3 Å². The Kier molecular flexibility index (Phi) is 10.2. The maximum atomic E-state index is 15.6. The molecule has 11 atom stereocenters. The maximum absolute atomic E-state index is 15.6. The van der Waals surface area contributed by atoms with Crippen molar-refractivity contribution in [2.75, 3.05) is 6.54 Å². The van der Waals surface area contributed by atoms with Crippen LogP contribution in [-0.2, 0) is 11.3 Å². The van der Waals surface area contributed by atoms with Gasteiger partial charge in [-0.1, -0.05) is 144 Å². The van der Waals surface area contributed by atoms with Crippen molar-refractivity contribution in [3.63, 3.8) is 0 Å². The molecule has 4 fully saturated rings. The predicted molar refractivity (Wildman–Crippen MR) is 233 cm³/mol. The van der Waals surface area contributed by atoms with Crippen LogP contribution < -0.4 is 0 Å². The van der Waals surface area contributed by atoms with E-state index in [0.29, 0.717) is 42.7 Å². The van der Waals surface area contributed by atoms with Crippen molar-refractivity contribution in [3.8, 4) is 11.1 Å². The molecular formula is C53H65NO5. The van der Waals surface area contributed by atoms with Crippen molar-refractivity contribution in [2.45, 2.75) is 123 Å². The summed E-state index contributed by atoms with van der Waals surface area (Å²) in [7, 11) is 0. The molecule has 0 saturated heterocycles. The molecule has 6 heteroatoms. The Bertz CT molecular complexity index is 2130. The minimum absolute atomic E-state index is 0.0322. The van der Waals surface area contributed by atoms with E-state index in [0.717, 1.165) is 73.6 Å². The van der Waals surface area contributed by atoms with Crippen LogP contribution in [0.4, 0.5) is 4.79 Å². The first-order chi connectivity index (χ1) is 28.2. The van der Waals surface area contributed by atoms with E-state index in [4.69, 9.17) is 4.74 Å². The second kappa shape index (κ2) is 14.9. The number of hydrogen-bond donors (Lipinski definition) is 2. The molecule has 7 aliphatic carbocycles. The molecule has 0 aliphatic heterocycles. The van der Waals surface area contributed by atoms with Gasteiger partial charge in [0.2, 0.25) is 0 Å². The summed E-state index contributed by atoms with van der Waals surface area (Å²) in [6.45, 7) is 11.9. The van der Waals surface area contributed by atoms with Crippen LogP contribution in [0.25, 0.3) is 11.1 Å². The Balaban J connectivity index is 1.11. The molecule has 2 N–H and O–H groups in total. The minimum Gasteiger partial charge on any atom is -0.446 e. The molecule has 7 aliphatic rings. The summed E-state index contributed by atoms with van der Waals surface area (Å²) in [6, 6.07) is 28.3. The first kappa shape index (κ1) is 40.4. The lowest BCUT2D eigenvalue weighted by Crippen LogP contribution is -2.67. The van der Waals surface area contributed by atoms with Crippen molar-refractivity contribution in [3.05, 3.63) is 120 Å². The lowest BCUT2D eigenvalue weighted by molar-refractivity contribution is -0.175. The number of aliphatic hydroxyl groups excluding tert-OH is 1. The fourth-order valence-corrected chi connectivity index (χ4v) is 14.1. The Labute approximate surface area is 352 Å². The lowest BCUT2D eigenvalue weighted by atomic mass is 9.32. The molecule has 1 amide bonds. The summed E-state index contributed by atoms with van der Waals surface area (Å²) in [5.74, 6) is 1.41. The molecule has 2 spiro atoms. The summed E-state index contributed by atoms with van der Waals surface area (Å²) >= 11 is 0. The van der Waals surface area contributed by atoms with Crippen molar-refractivity contribution in [1.82, 2.24) is 4.90 Å². The number of nitrogens with zero attached hydrogens (tertiary/aromatic N) is 1. The molecule has 0 heterocycles. The Morgan fingerprint density at radius 2 is 1.47 bits per heavy atom. The van der Waals surface area contributed by atoms with Gasteiger partial charge in [0, 0.05) is 33.9 Å². The van der Waals surface area contributed by atoms with Crippen LogP contribution in [0.1, 0.15) is 115 Å². The van der Waals surface area contributed by atoms with Gasteiger partial charge in [-0.15, -0.1) is 0 Å². The van der Waals surface area contributed by atoms with Gasteiger partial charge >= 0.3 is 6.09 Å². The number of fused-ring (bicyclic) bond motifs is 1. The average Bonchev–Trinajstić information content (AvgIpc) is 3.50. The zero-order valence-electron chi connectivity index (χ0n) is 35.9. The predicted octanol–water partition coefficient (Wildman–Crippen LogP) is 11.2. The standard InChI is InChI=1S/C53H65NO5/c1-35(2)40-21-20-36(3)30-44(40)59-48(57)54(33-37-14-8-6-9-15-37)34-52(58)27-24-46-50(52,5)26-23-45-49(4)25-22-39(55)31-51(49)28-29-53(45,46)43(32-51)47(56)42-19-13-12-18-41(42)38-16-10-7-11-17-38/h6-19,28-29,32,35-36,39-40,44-46,55,58H,20-27,30-31,33-34H2,1-5H3. The molecule has 2 bridgehead atoms. The van der Waals surface area contributed by atoms with E-state index in [9.17, 15) is 15.0 Å². The first-order valence-corrected chi connectivity index (χ1v) is 22.8. The smallest absolute Gasteiger partial charge is 0.410 e. The molecule has 6 nitrogen and oxygen atoms in total. The summed E-state index contributed by atoms with van der Waals surface area (Å²) in [5.41, 5.74) is 1.50. The van der Waals surface area contributed by atoms with E-state index in [1.54, 1.807) is 4.90 Å². The van der Waals surface area contributed by atoms with Crippen molar-refractivity contribution in [2.24, 2.45) is 51.2 Å². The number of carbonyl (C=O) groups is 2. The van der Waals surface area contributed by atoms with E-state index in [-0.39, 0.29) is 41.8 Å².